The molecule has 0 saturated carbocycles. The van der Waals surface area contributed by atoms with Gasteiger partial charge >= 0.3 is 117 Å². The molecule has 0 aliphatic carbocycles. The molecular formula is C12H25NaO5S. The molecule has 0 aliphatic rings. The Labute approximate surface area is 134 Å². The van der Waals surface area contributed by atoms with E-state index in [1.165, 1.54) is 70.1 Å². The van der Waals surface area contributed by atoms with Gasteiger partial charge in [0.25, 0.3) is 0 Å². The average molecular weight is 304 g/mol. The molecule has 0 radical (unpaired) electrons. The topological polar surface area (TPSA) is 91.7 Å². The first kappa shape index (κ1) is 21.8. The molecule has 0 spiro atoms. The Balaban J connectivity index is 0. The number of rotatable bonds is 10. The van der Waals surface area contributed by atoms with Gasteiger partial charge in [0.2, 0.25) is 0 Å². The Morgan fingerprint density at radius 3 is 1.68 bits per heavy atom. The number of unbranched alkanes of at least 4 members (excludes halogenated alkanes) is 6. The third-order valence-corrected chi connectivity index (χ3v) is 3.41. The first-order valence-electron chi connectivity index (χ1n) is 7.02. The number of carbonyl (C=O) groups is 1. The monoisotopic (exact) mass is 304 g/mol. The normalized spacial score (nSPS) is 10.8. The van der Waals surface area contributed by atoms with Gasteiger partial charge in [-0.1, -0.05) is 0 Å². The van der Waals surface area contributed by atoms with Gasteiger partial charge in [-0.3, -0.25) is 9.11 Å². The van der Waals surface area contributed by atoms with Crippen molar-refractivity contribution < 1.29 is 22.3 Å². The molecular weight excluding hydrogens is 279 g/mol. The van der Waals surface area contributed by atoms with Crippen molar-refractivity contribution in [2.24, 2.45) is 0 Å². The van der Waals surface area contributed by atoms with Gasteiger partial charge in [0.15, 0.2) is 0 Å². The van der Waals surface area contributed by atoms with Gasteiger partial charge in [0.05, 0.1) is 0 Å². The minimum Gasteiger partial charge on any atom is -0.264 e. The molecule has 0 saturated heterocycles. The fourth-order valence-electron chi connectivity index (χ4n) is 1.63. The minimum absolute atomic E-state index is 0.431. The fraction of sp³-hybridized carbons (Fsp3) is 0.917. The molecule has 0 rings (SSSR count). The van der Waals surface area contributed by atoms with E-state index in [0.717, 1.165) is 19.3 Å². The average Bonchev–Trinajstić information content (AvgIpc) is 2.30. The van der Waals surface area contributed by atoms with Crippen molar-refractivity contribution in [3.63, 3.8) is 0 Å². The van der Waals surface area contributed by atoms with Crippen molar-refractivity contribution >= 4 is 44.1 Å². The number of ketones is 1. The summed E-state index contributed by atoms with van der Waals surface area (Å²) < 4.78 is 33.0. The maximum atomic E-state index is 11.0. The van der Waals surface area contributed by atoms with Crippen LogP contribution in [0.1, 0.15) is 64.7 Å². The second kappa shape index (κ2) is 14.9. The maximum Gasteiger partial charge on any atom is 0.394 e. The molecule has 0 aliphatic heterocycles. The predicted octanol–water partition coefficient (Wildman–Crippen LogP) is 3.02. The molecule has 19 heavy (non-hydrogen) atoms. The molecule has 5 nitrogen and oxygen atoms in total. The molecule has 0 fully saturated rings. The molecule has 0 atom stereocenters. The van der Waals surface area contributed by atoms with Crippen molar-refractivity contribution in [1.29, 1.82) is 0 Å². The van der Waals surface area contributed by atoms with E-state index in [2.05, 4.69) is 0 Å². The second-order valence-corrected chi connectivity index (χ2v) is 6.46. The van der Waals surface area contributed by atoms with Gasteiger partial charge in [0, 0.05) is 0 Å². The quantitative estimate of drug-likeness (QED) is 0.368. The number of hydrogen-bond acceptors (Lipinski definition) is 3. The van der Waals surface area contributed by atoms with Gasteiger partial charge in [-0.05, 0) is 0 Å². The van der Waals surface area contributed by atoms with Gasteiger partial charge in [-0.2, -0.15) is 8.42 Å². The van der Waals surface area contributed by atoms with Crippen LogP contribution in [0.2, 0.25) is 3.67 Å². The first-order valence-corrected chi connectivity index (χ1v) is 9.84. The zero-order valence-corrected chi connectivity index (χ0v) is 14.9. The molecule has 0 aromatic heterocycles. The van der Waals surface area contributed by atoms with E-state index < -0.39 is 10.4 Å². The summed E-state index contributed by atoms with van der Waals surface area (Å²) in [5.74, 6) is 0.431. The second-order valence-electron chi connectivity index (χ2n) is 4.56. The van der Waals surface area contributed by atoms with Crippen molar-refractivity contribution in [1.82, 2.24) is 0 Å². The van der Waals surface area contributed by atoms with Gasteiger partial charge < -0.3 is 0 Å². The van der Waals surface area contributed by atoms with Gasteiger partial charge in [-0.25, -0.2) is 0 Å². The van der Waals surface area contributed by atoms with Crippen LogP contribution in [0.3, 0.4) is 0 Å². The van der Waals surface area contributed by atoms with Crippen LogP contribution < -0.4 is 0 Å². The largest absolute Gasteiger partial charge is 0.394 e. The standard InChI is InChI=1S/C12H23O.Na.H2O4S/c1-3-5-6-7-8-9-10-11-12(13)4-2;;1-5(2,3)4/h1,3-11H2,2H3;;(H2,1,2,3,4). The number of Topliss-reactive ketones (excluding diaryl/α,β-unsaturated/α-hetero) is 1. The van der Waals surface area contributed by atoms with E-state index in [1.807, 2.05) is 6.92 Å². The summed E-state index contributed by atoms with van der Waals surface area (Å²) in [5, 5.41) is 0. The summed E-state index contributed by atoms with van der Waals surface area (Å²) in [4.78, 5) is 11.0. The van der Waals surface area contributed by atoms with E-state index in [0.29, 0.717) is 5.78 Å². The van der Waals surface area contributed by atoms with Crippen LogP contribution >= 0.6 is 0 Å². The summed E-state index contributed by atoms with van der Waals surface area (Å²) in [7, 11) is -4.67. The molecule has 0 aromatic carbocycles. The van der Waals surface area contributed by atoms with Crippen LogP contribution in [0.5, 0.6) is 0 Å². The van der Waals surface area contributed by atoms with Crippen molar-refractivity contribution in [2.45, 2.75) is 68.4 Å². The zero-order valence-electron chi connectivity index (χ0n) is 12.1. The van der Waals surface area contributed by atoms with Crippen molar-refractivity contribution in [3.8, 4) is 0 Å². The summed E-state index contributed by atoms with van der Waals surface area (Å²) in [6.07, 6.45) is 10.9. The third kappa shape index (κ3) is 32.3. The SMILES string of the molecule is CCC(=O)CCCCCCCC[CH2][Na].O=S(=O)(O)O. The van der Waals surface area contributed by atoms with Crippen LogP contribution in [0.25, 0.3) is 0 Å². The zero-order chi connectivity index (χ0) is 15.1. The molecule has 0 bridgehead atoms. The molecule has 0 unspecified atom stereocenters. The molecule has 110 valence electrons. The number of carbonyl (C=O) groups excluding carboxylic acids is 1. The summed E-state index contributed by atoms with van der Waals surface area (Å²) >= 11 is 1.37. The molecule has 0 heterocycles. The Hall–Kier alpha value is 0.540. The van der Waals surface area contributed by atoms with Crippen LogP contribution in [0, 0.1) is 0 Å². The summed E-state index contributed by atoms with van der Waals surface area (Å²) in [6, 6.07) is 0. The van der Waals surface area contributed by atoms with E-state index in [9.17, 15) is 4.79 Å². The molecule has 0 aromatic rings. The van der Waals surface area contributed by atoms with Crippen molar-refractivity contribution in [2.75, 3.05) is 0 Å². The van der Waals surface area contributed by atoms with E-state index in [1.54, 1.807) is 0 Å². The fourth-order valence-corrected chi connectivity index (χ4v) is 2.13. The summed E-state index contributed by atoms with van der Waals surface area (Å²) in [5.41, 5.74) is 0. The Morgan fingerprint density at radius 2 is 1.32 bits per heavy atom. The van der Waals surface area contributed by atoms with E-state index in [-0.39, 0.29) is 0 Å². The van der Waals surface area contributed by atoms with Gasteiger partial charge in [0.1, 0.15) is 0 Å². The van der Waals surface area contributed by atoms with Crippen molar-refractivity contribution in [3.05, 3.63) is 0 Å². The molecule has 7 heteroatoms. The third-order valence-electron chi connectivity index (χ3n) is 2.70. The van der Waals surface area contributed by atoms with Gasteiger partial charge in [-0.15, -0.1) is 0 Å². The molecule has 2 N–H and O–H groups in total. The minimum atomic E-state index is -4.67. The summed E-state index contributed by atoms with van der Waals surface area (Å²) in [6.45, 7) is 1.95. The smallest absolute Gasteiger partial charge is 0.264 e. The Morgan fingerprint density at radius 1 is 0.947 bits per heavy atom. The van der Waals surface area contributed by atoms with Crippen LogP contribution in [-0.2, 0) is 15.2 Å². The number of hydrogen-bond donors (Lipinski definition) is 2. The molecule has 0 amide bonds. The first-order chi connectivity index (χ1) is 8.81. The maximum absolute atomic E-state index is 11.0. The Kier molecular flexibility index (Phi) is 17.2. The van der Waals surface area contributed by atoms with Crippen LogP contribution in [-0.4, -0.2) is 51.2 Å². The van der Waals surface area contributed by atoms with Crippen LogP contribution in [0.4, 0.5) is 0 Å². The van der Waals surface area contributed by atoms with E-state index >= 15 is 0 Å². The van der Waals surface area contributed by atoms with E-state index in [4.69, 9.17) is 17.5 Å². The predicted molar refractivity (Wildman–Crippen MR) is 77.0 cm³/mol. The van der Waals surface area contributed by atoms with Crippen LogP contribution in [0.15, 0.2) is 0 Å². The Bertz CT molecular complexity index is 295.